The summed E-state index contributed by atoms with van der Waals surface area (Å²) in [6, 6.07) is 6.37. The number of carbonyl (C=O) groups excluding carboxylic acids is 1. The van der Waals surface area contributed by atoms with Crippen molar-refractivity contribution in [3.8, 4) is 0 Å². The van der Waals surface area contributed by atoms with E-state index < -0.39 is 0 Å². The first-order chi connectivity index (χ1) is 13.7. The molecule has 1 amide bonds. The molecule has 0 unspecified atom stereocenters. The molecule has 0 spiro atoms. The monoisotopic (exact) mass is 379 g/mol. The Kier molecular flexibility index (Phi) is 4.18. The number of hydrogen-bond acceptors (Lipinski definition) is 6. The molecule has 5 rings (SSSR count). The van der Waals surface area contributed by atoms with Crippen LogP contribution >= 0.6 is 0 Å². The number of aromatic amines is 1. The summed E-state index contributed by atoms with van der Waals surface area (Å²) in [7, 11) is 2.09. The third-order valence-electron chi connectivity index (χ3n) is 5.81. The Hall–Kier alpha value is -3.03. The van der Waals surface area contributed by atoms with Crippen molar-refractivity contribution in [2.24, 2.45) is 10.9 Å². The molecular formula is C20H25N7O. The number of amides is 1. The van der Waals surface area contributed by atoms with E-state index in [4.69, 9.17) is 0 Å². The van der Waals surface area contributed by atoms with Gasteiger partial charge in [0.25, 0.3) is 0 Å². The lowest BCUT2D eigenvalue weighted by molar-refractivity contribution is -0.117. The first-order valence-corrected chi connectivity index (χ1v) is 9.90. The van der Waals surface area contributed by atoms with Gasteiger partial charge in [-0.05, 0) is 37.5 Å². The van der Waals surface area contributed by atoms with E-state index in [1.165, 1.54) is 0 Å². The van der Waals surface area contributed by atoms with E-state index in [1.54, 1.807) is 6.20 Å². The van der Waals surface area contributed by atoms with Gasteiger partial charge in [-0.15, -0.1) is 0 Å². The van der Waals surface area contributed by atoms with Crippen molar-refractivity contribution >= 4 is 29.1 Å². The molecule has 4 heterocycles. The summed E-state index contributed by atoms with van der Waals surface area (Å²) in [5, 5.41) is 6.21. The number of anilines is 3. The predicted molar refractivity (Wildman–Crippen MR) is 110 cm³/mol. The van der Waals surface area contributed by atoms with Crippen LogP contribution < -0.4 is 15.5 Å². The third-order valence-corrected chi connectivity index (χ3v) is 5.81. The van der Waals surface area contributed by atoms with Crippen LogP contribution in [0.15, 0.2) is 35.6 Å². The first kappa shape index (κ1) is 17.1. The lowest BCUT2D eigenvalue weighted by Gasteiger charge is -2.28. The Morgan fingerprint density at radius 2 is 2.18 bits per heavy atom. The molecule has 1 saturated heterocycles. The van der Waals surface area contributed by atoms with Crippen molar-refractivity contribution < 1.29 is 4.79 Å². The topological polar surface area (TPSA) is 88.7 Å². The maximum Gasteiger partial charge on any atom is 0.227 e. The molecule has 2 fully saturated rings. The fourth-order valence-electron chi connectivity index (χ4n) is 3.95. The van der Waals surface area contributed by atoms with Gasteiger partial charge in [0, 0.05) is 38.3 Å². The summed E-state index contributed by atoms with van der Waals surface area (Å²) < 4.78 is 0. The summed E-state index contributed by atoms with van der Waals surface area (Å²) in [5.74, 6) is 3.35. The maximum absolute atomic E-state index is 11.9. The van der Waals surface area contributed by atoms with Gasteiger partial charge in [0.1, 0.15) is 24.1 Å². The predicted octanol–water partition coefficient (Wildman–Crippen LogP) is 2.10. The number of aromatic nitrogens is 2. The molecule has 1 saturated carbocycles. The largest absolute Gasteiger partial charge is 0.355 e. The Labute approximate surface area is 164 Å². The fourth-order valence-corrected chi connectivity index (χ4v) is 3.95. The maximum atomic E-state index is 11.9. The fraction of sp³-hybridized carbons (Fsp3) is 0.450. The van der Waals surface area contributed by atoms with Crippen molar-refractivity contribution in [2.45, 2.75) is 25.3 Å². The van der Waals surface area contributed by atoms with Crippen LogP contribution in [0.25, 0.3) is 0 Å². The standard InChI is InChI=1S/C20H25N7O/c1-26(17-5-4-14(10-22-17)25-20(28)13-2-3-13)15-7-9-27(11-15)19-16-6-8-21-18(16)23-12-24-19/h4-6,8,10,13,15,21,23H,2-3,7,9,11-12H2,1H3,(H,25,28)/t15-/m1/s1. The molecule has 0 bridgehead atoms. The molecule has 146 valence electrons. The Morgan fingerprint density at radius 1 is 1.29 bits per heavy atom. The van der Waals surface area contributed by atoms with Gasteiger partial charge in [0.05, 0.1) is 17.4 Å². The van der Waals surface area contributed by atoms with Gasteiger partial charge in [-0.1, -0.05) is 0 Å². The molecule has 2 aliphatic heterocycles. The highest BCUT2D eigenvalue weighted by molar-refractivity contribution is 6.04. The van der Waals surface area contributed by atoms with Crippen LogP contribution in [-0.4, -0.2) is 59.5 Å². The van der Waals surface area contributed by atoms with Crippen LogP contribution in [0, 0.1) is 5.92 Å². The molecular weight excluding hydrogens is 354 g/mol. The molecule has 2 aromatic rings. The minimum absolute atomic E-state index is 0.112. The van der Waals surface area contributed by atoms with Gasteiger partial charge in [0.15, 0.2) is 0 Å². The van der Waals surface area contributed by atoms with E-state index in [0.29, 0.717) is 12.7 Å². The van der Waals surface area contributed by atoms with Crippen LogP contribution in [-0.2, 0) is 4.79 Å². The molecule has 2 aromatic heterocycles. The number of H-pyrrole nitrogens is 1. The second kappa shape index (κ2) is 6.85. The minimum Gasteiger partial charge on any atom is -0.355 e. The van der Waals surface area contributed by atoms with E-state index >= 15 is 0 Å². The zero-order valence-electron chi connectivity index (χ0n) is 16.0. The molecule has 28 heavy (non-hydrogen) atoms. The second-order valence-corrected chi connectivity index (χ2v) is 7.75. The number of fused-ring (bicyclic) bond motifs is 1. The second-order valence-electron chi connectivity index (χ2n) is 7.75. The lowest BCUT2D eigenvalue weighted by atomic mass is 10.2. The van der Waals surface area contributed by atoms with Crippen LogP contribution in [0.2, 0.25) is 0 Å². The zero-order chi connectivity index (χ0) is 19.1. The number of nitrogens with zero attached hydrogens (tertiary/aromatic N) is 4. The Balaban J connectivity index is 1.23. The van der Waals surface area contributed by atoms with Crippen LogP contribution in [0.1, 0.15) is 24.8 Å². The van der Waals surface area contributed by atoms with Gasteiger partial charge < -0.3 is 25.4 Å². The average molecular weight is 379 g/mol. The Morgan fingerprint density at radius 3 is 2.96 bits per heavy atom. The van der Waals surface area contributed by atoms with Crippen molar-refractivity contribution in [3.05, 3.63) is 36.2 Å². The zero-order valence-corrected chi connectivity index (χ0v) is 16.0. The summed E-state index contributed by atoms with van der Waals surface area (Å²) in [4.78, 5) is 29.0. The Bertz CT molecular complexity index is 900. The quantitative estimate of drug-likeness (QED) is 0.757. The third kappa shape index (κ3) is 3.19. The molecule has 3 N–H and O–H groups in total. The molecule has 3 aliphatic rings. The van der Waals surface area contributed by atoms with Crippen molar-refractivity contribution in [1.82, 2.24) is 14.9 Å². The van der Waals surface area contributed by atoms with E-state index in [9.17, 15) is 4.79 Å². The summed E-state index contributed by atoms with van der Waals surface area (Å²) in [6.45, 7) is 2.51. The molecule has 8 heteroatoms. The van der Waals surface area contributed by atoms with Gasteiger partial charge in [-0.2, -0.15) is 0 Å². The van der Waals surface area contributed by atoms with E-state index in [0.717, 1.165) is 61.1 Å². The number of nitrogens with one attached hydrogen (secondary N) is 3. The number of likely N-dealkylation sites (N-methyl/N-ethyl adjacent to an activating group) is 1. The number of rotatable bonds is 4. The van der Waals surface area contributed by atoms with Gasteiger partial charge in [-0.3, -0.25) is 4.79 Å². The number of hydrogen-bond donors (Lipinski definition) is 3. The average Bonchev–Trinajstić information content (AvgIpc) is 3.26. The molecule has 0 radical (unpaired) electrons. The van der Waals surface area contributed by atoms with E-state index in [-0.39, 0.29) is 11.8 Å². The summed E-state index contributed by atoms with van der Waals surface area (Å²) in [5.41, 5.74) is 1.91. The van der Waals surface area contributed by atoms with Crippen LogP contribution in [0.3, 0.4) is 0 Å². The lowest BCUT2D eigenvalue weighted by Crippen LogP contribution is -2.38. The van der Waals surface area contributed by atoms with E-state index in [2.05, 4.69) is 48.5 Å². The first-order valence-electron chi connectivity index (χ1n) is 9.90. The summed E-state index contributed by atoms with van der Waals surface area (Å²) >= 11 is 0. The van der Waals surface area contributed by atoms with Gasteiger partial charge >= 0.3 is 0 Å². The van der Waals surface area contributed by atoms with Crippen molar-refractivity contribution in [1.29, 1.82) is 0 Å². The van der Waals surface area contributed by atoms with E-state index in [1.807, 2.05) is 18.3 Å². The SMILES string of the molecule is CN(c1ccc(NC(=O)C2CC2)cn1)[C@@H]1CCN(C2=NCNc3[nH]ccc32)C1. The van der Waals surface area contributed by atoms with Crippen LogP contribution in [0.4, 0.5) is 17.3 Å². The van der Waals surface area contributed by atoms with Crippen molar-refractivity contribution in [2.75, 3.05) is 42.3 Å². The highest BCUT2D eigenvalue weighted by Crippen LogP contribution is 2.30. The smallest absolute Gasteiger partial charge is 0.227 e. The highest BCUT2D eigenvalue weighted by atomic mass is 16.2. The van der Waals surface area contributed by atoms with Gasteiger partial charge in [0.2, 0.25) is 5.91 Å². The number of aliphatic imine (C=N–C) groups is 1. The highest BCUT2D eigenvalue weighted by Gasteiger charge is 2.31. The number of pyridine rings is 1. The molecule has 8 nitrogen and oxygen atoms in total. The van der Waals surface area contributed by atoms with Gasteiger partial charge in [-0.25, -0.2) is 9.98 Å². The number of carbonyl (C=O) groups is 1. The van der Waals surface area contributed by atoms with Crippen LogP contribution in [0.5, 0.6) is 0 Å². The number of amidine groups is 1. The summed E-state index contributed by atoms with van der Waals surface area (Å²) in [6.07, 6.45) is 6.77. The molecule has 0 aromatic carbocycles. The minimum atomic E-state index is 0.112. The molecule has 1 aliphatic carbocycles. The van der Waals surface area contributed by atoms with Crippen molar-refractivity contribution in [3.63, 3.8) is 0 Å². The molecule has 1 atom stereocenters. The normalized spacial score (nSPS) is 21.0. The number of likely N-dealkylation sites (tertiary alicyclic amines) is 1.